The van der Waals surface area contributed by atoms with E-state index in [4.69, 9.17) is 10.8 Å². The summed E-state index contributed by atoms with van der Waals surface area (Å²) in [5, 5.41) is 15.5. The quantitative estimate of drug-likeness (QED) is 0.600. The van der Waals surface area contributed by atoms with E-state index in [0.29, 0.717) is 25.1 Å². The number of nitrogens with zero attached hydrogens (tertiary/aromatic N) is 1. The fourth-order valence-electron chi connectivity index (χ4n) is 4.85. The number of aliphatic imine (C=N–C) groups is 1. The van der Waals surface area contributed by atoms with Gasteiger partial charge in [-0.3, -0.25) is 9.79 Å². The number of amides is 1. The second-order valence-corrected chi connectivity index (χ2v) is 8.67. The van der Waals surface area contributed by atoms with Crippen LogP contribution in [0.3, 0.4) is 0 Å². The van der Waals surface area contributed by atoms with Crippen molar-refractivity contribution in [1.82, 2.24) is 10.6 Å². The number of rotatable bonds is 4. The van der Waals surface area contributed by atoms with Crippen LogP contribution in [0.2, 0.25) is 0 Å². The summed E-state index contributed by atoms with van der Waals surface area (Å²) in [5.41, 5.74) is 5.49. The zero-order valence-electron chi connectivity index (χ0n) is 15.9. The second-order valence-electron chi connectivity index (χ2n) is 8.67. The van der Waals surface area contributed by atoms with E-state index >= 15 is 0 Å². The van der Waals surface area contributed by atoms with Crippen LogP contribution in [0.25, 0.3) is 0 Å². The Labute approximate surface area is 162 Å². The smallest absolute Gasteiger partial charge is 0.224 e. The number of hydrogen-bond acceptors (Lipinski definition) is 5. The number of nitrogens with two attached hydrogens (primary N) is 1. The Bertz CT molecular complexity index is 632. The Kier molecular flexibility index (Phi) is 5.53. The van der Waals surface area contributed by atoms with Gasteiger partial charge in [-0.15, -0.1) is 0 Å². The molecule has 1 aliphatic heterocycles. The molecular formula is C21H34N4O2. The summed E-state index contributed by atoms with van der Waals surface area (Å²) in [6, 6.07) is 0.541. The van der Waals surface area contributed by atoms with E-state index in [1.807, 2.05) is 12.2 Å². The fraction of sp³-hybridized carbons (Fsp3) is 0.714. The zero-order valence-corrected chi connectivity index (χ0v) is 15.9. The maximum Gasteiger partial charge on any atom is 0.224 e. The van der Waals surface area contributed by atoms with Crippen molar-refractivity contribution in [3.63, 3.8) is 0 Å². The van der Waals surface area contributed by atoms with Crippen molar-refractivity contribution in [2.24, 2.45) is 40.3 Å². The molecule has 0 saturated heterocycles. The fourth-order valence-corrected chi connectivity index (χ4v) is 4.85. The molecule has 0 aromatic heterocycles. The largest absolute Gasteiger partial charge is 0.396 e. The van der Waals surface area contributed by atoms with Crippen molar-refractivity contribution >= 4 is 11.9 Å². The molecule has 6 nitrogen and oxygen atoms in total. The topological polar surface area (TPSA) is 99.7 Å². The highest BCUT2D eigenvalue weighted by Crippen LogP contribution is 2.53. The molecule has 1 amide bonds. The van der Waals surface area contributed by atoms with Gasteiger partial charge in [0.15, 0.2) is 5.96 Å². The lowest BCUT2D eigenvalue weighted by molar-refractivity contribution is -0.122. The first-order valence-corrected chi connectivity index (χ1v) is 10.5. The van der Waals surface area contributed by atoms with Crippen LogP contribution in [-0.2, 0) is 4.79 Å². The van der Waals surface area contributed by atoms with Gasteiger partial charge in [-0.1, -0.05) is 24.3 Å². The zero-order chi connectivity index (χ0) is 18.8. The predicted octanol–water partition coefficient (Wildman–Crippen LogP) is 1.57. The highest BCUT2D eigenvalue weighted by Gasteiger charge is 2.46. The Morgan fingerprint density at radius 1 is 1.30 bits per heavy atom. The minimum atomic E-state index is -0.280. The molecule has 0 bridgehead atoms. The molecule has 0 radical (unpaired) electrons. The molecule has 27 heavy (non-hydrogen) atoms. The lowest BCUT2D eigenvalue weighted by atomic mass is 9.53. The van der Waals surface area contributed by atoms with Crippen molar-refractivity contribution in [1.29, 1.82) is 0 Å². The average molecular weight is 375 g/mol. The number of allylic oxidation sites excluding steroid dienone is 2. The molecule has 5 rings (SSSR count). The number of carbonyl (C=O) groups is 1. The number of primary amides is 1. The van der Waals surface area contributed by atoms with Crippen LogP contribution in [0.1, 0.15) is 40.0 Å². The van der Waals surface area contributed by atoms with Crippen LogP contribution >= 0.6 is 0 Å². The van der Waals surface area contributed by atoms with Gasteiger partial charge in [0.2, 0.25) is 5.91 Å². The minimum absolute atomic E-state index is 0. The van der Waals surface area contributed by atoms with Crippen LogP contribution in [-0.4, -0.2) is 42.2 Å². The number of carbonyl (C=O) groups excluding carboxylic acids is 1. The van der Waals surface area contributed by atoms with E-state index in [1.165, 1.54) is 38.5 Å². The molecule has 4 aliphatic carbocycles. The summed E-state index contributed by atoms with van der Waals surface area (Å²) >= 11 is 0. The molecule has 3 fully saturated rings. The summed E-state index contributed by atoms with van der Waals surface area (Å²) in [7, 11) is 0. The first-order valence-electron chi connectivity index (χ1n) is 10.5. The van der Waals surface area contributed by atoms with Crippen molar-refractivity contribution in [3.8, 4) is 0 Å². The van der Waals surface area contributed by atoms with Gasteiger partial charge >= 0.3 is 0 Å². The highest BCUT2D eigenvalue weighted by molar-refractivity contribution is 5.85. The molecule has 5 N–H and O–H groups in total. The van der Waals surface area contributed by atoms with Crippen LogP contribution in [0, 0.1) is 29.6 Å². The monoisotopic (exact) mass is 374 g/mol. The van der Waals surface area contributed by atoms with E-state index in [2.05, 4.69) is 27.8 Å². The van der Waals surface area contributed by atoms with Crippen molar-refractivity contribution in [2.75, 3.05) is 13.2 Å². The molecule has 0 aromatic rings. The van der Waals surface area contributed by atoms with Gasteiger partial charge in [-0.25, -0.2) is 0 Å². The molecule has 4 unspecified atom stereocenters. The number of hydrogen-bond donors (Lipinski definition) is 4. The normalized spacial score (nSPS) is 36.8. The minimum Gasteiger partial charge on any atom is -0.396 e. The van der Waals surface area contributed by atoms with E-state index < -0.39 is 0 Å². The van der Waals surface area contributed by atoms with Crippen LogP contribution in [0.4, 0.5) is 0 Å². The summed E-state index contributed by atoms with van der Waals surface area (Å²) in [6.07, 6.45) is 16.1. The molecule has 1 heterocycles. The molecule has 0 spiro atoms. The lowest BCUT2D eigenvalue weighted by Crippen LogP contribution is -2.58. The SMILES string of the molecule is NC(=O)C1CN=C(NC2CCC2)N[C@@H]1C1C=CC=C1.OCC1CC2CCC12.[HH]. The predicted molar refractivity (Wildman–Crippen MR) is 108 cm³/mol. The maximum absolute atomic E-state index is 11.6. The lowest BCUT2D eigenvalue weighted by Gasteiger charge is -2.52. The van der Waals surface area contributed by atoms with Gasteiger partial charge < -0.3 is 21.5 Å². The number of fused-ring (bicyclic) bond motifs is 1. The third-order valence-electron chi connectivity index (χ3n) is 7.11. The number of guanidine groups is 1. The first-order chi connectivity index (χ1) is 13.2. The van der Waals surface area contributed by atoms with Crippen LogP contribution < -0.4 is 16.4 Å². The number of aliphatic hydroxyl groups excluding tert-OH is 1. The molecule has 0 aromatic carbocycles. The average Bonchev–Trinajstić information content (AvgIpc) is 3.15. The number of nitrogens with one attached hydrogen (secondary N) is 2. The van der Waals surface area contributed by atoms with E-state index in [1.54, 1.807) is 0 Å². The highest BCUT2D eigenvalue weighted by atomic mass is 16.3. The Hall–Kier alpha value is -1.82. The van der Waals surface area contributed by atoms with Gasteiger partial charge in [-0.2, -0.15) is 0 Å². The Morgan fingerprint density at radius 2 is 2.07 bits per heavy atom. The van der Waals surface area contributed by atoms with E-state index in [9.17, 15) is 4.79 Å². The van der Waals surface area contributed by atoms with Crippen molar-refractivity contribution < 1.29 is 11.3 Å². The van der Waals surface area contributed by atoms with Gasteiger partial charge in [0.1, 0.15) is 0 Å². The van der Waals surface area contributed by atoms with Gasteiger partial charge in [0.25, 0.3) is 0 Å². The standard InChI is InChI=1S/C14H20N4O.C7H12O.H2/c15-13(19)11-8-16-14(17-10-6-3-7-10)18-12(11)9-4-1-2-5-9;8-4-6-3-5-1-2-7(5)6;/h1-2,4-5,9-12H,3,6-8H2,(H2,15,19)(H2,16,17,18);5-8H,1-4H2;1H/t11?,12-;;/m1../s1. The third-order valence-corrected chi connectivity index (χ3v) is 7.11. The van der Waals surface area contributed by atoms with Gasteiger partial charge in [-0.05, 0) is 56.3 Å². The Balaban J connectivity index is 0.000000209. The summed E-state index contributed by atoms with van der Waals surface area (Å²) in [5.74, 6) is 3.19. The Morgan fingerprint density at radius 3 is 2.52 bits per heavy atom. The van der Waals surface area contributed by atoms with Gasteiger partial charge in [0, 0.05) is 20.0 Å². The van der Waals surface area contributed by atoms with Crippen LogP contribution in [0.5, 0.6) is 0 Å². The van der Waals surface area contributed by atoms with Gasteiger partial charge in [0.05, 0.1) is 18.5 Å². The van der Waals surface area contributed by atoms with Crippen LogP contribution in [0.15, 0.2) is 29.3 Å². The molecule has 5 atom stereocenters. The van der Waals surface area contributed by atoms with Crippen molar-refractivity contribution in [2.45, 2.75) is 50.6 Å². The van der Waals surface area contributed by atoms with E-state index in [-0.39, 0.29) is 25.2 Å². The van der Waals surface area contributed by atoms with E-state index in [0.717, 1.165) is 17.8 Å². The number of aliphatic hydroxyl groups is 1. The molecule has 5 aliphatic rings. The molecule has 6 heteroatoms. The summed E-state index contributed by atoms with van der Waals surface area (Å²) in [6.45, 7) is 0.918. The molecule has 3 saturated carbocycles. The van der Waals surface area contributed by atoms with Crippen molar-refractivity contribution in [3.05, 3.63) is 24.3 Å². The third kappa shape index (κ3) is 3.91. The second kappa shape index (κ2) is 8.05. The molecular weight excluding hydrogens is 340 g/mol. The summed E-state index contributed by atoms with van der Waals surface area (Å²) < 4.78 is 0. The maximum atomic E-state index is 11.6. The molecule has 150 valence electrons. The first kappa shape index (κ1) is 18.5. The summed E-state index contributed by atoms with van der Waals surface area (Å²) in [4.78, 5) is 16.0.